The molecule has 198 valence electrons. The molecule has 1 aromatic heterocycles. The van der Waals surface area contributed by atoms with Crippen molar-refractivity contribution in [3.05, 3.63) is 59.8 Å². The van der Waals surface area contributed by atoms with E-state index in [1.54, 1.807) is 49.7 Å². The van der Waals surface area contributed by atoms with Crippen LogP contribution in [-0.2, 0) is 11.3 Å². The van der Waals surface area contributed by atoms with Crippen molar-refractivity contribution in [2.24, 2.45) is 0 Å². The van der Waals surface area contributed by atoms with Crippen LogP contribution in [-0.4, -0.2) is 67.8 Å². The maximum Gasteiger partial charge on any atom is 0.258 e. The first-order valence-electron chi connectivity index (χ1n) is 12.0. The highest BCUT2D eigenvalue weighted by molar-refractivity contribution is 5.95. The van der Waals surface area contributed by atoms with Crippen LogP contribution in [0.25, 0.3) is 0 Å². The molecule has 4 heterocycles. The molecule has 1 fully saturated rings. The van der Waals surface area contributed by atoms with E-state index in [2.05, 4.69) is 20.6 Å². The van der Waals surface area contributed by atoms with Gasteiger partial charge in [-0.3, -0.25) is 9.59 Å². The predicted octanol–water partition coefficient (Wildman–Crippen LogP) is 1.15. The summed E-state index contributed by atoms with van der Waals surface area (Å²) in [6.07, 6.45) is 1.14. The lowest BCUT2D eigenvalue weighted by Crippen LogP contribution is -2.45. The van der Waals surface area contributed by atoms with Crippen LogP contribution in [0.2, 0.25) is 0 Å². The largest absolute Gasteiger partial charge is 0.497 e. The molecule has 6 rings (SSSR count). The summed E-state index contributed by atoms with van der Waals surface area (Å²) >= 11 is 0. The number of aromatic nitrogens is 2. The van der Waals surface area contributed by atoms with Crippen LogP contribution in [0, 0.1) is 0 Å². The van der Waals surface area contributed by atoms with Crippen molar-refractivity contribution in [1.29, 1.82) is 0 Å². The zero-order valence-electron chi connectivity index (χ0n) is 21.0. The molecule has 3 aliphatic heterocycles. The van der Waals surface area contributed by atoms with Gasteiger partial charge in [0.1, 0.15) is 34.9 Å². The number of methoxy groups -OCH3 is 2. The van der Waals surface area contributed by atoms with Crippen molar-refractivity contribution < 1.29 is 28.5 Å². The molecule has 12 nitrogen and oxygen atoms in total. The first-order chi connectivity index (χ1) is 18.4. The summed E-state index contributed by atoms with van der Waals surface area (Å²) in [5.41, 5.74) is 6.95. The number of anilines is 2. The molecule has 3 aliphatic rings. The fraction of sp³-hybridized carbons (Fsp3) is 0.308. The second-order valence-corrected chi connectivity index (χ2v) is 8.86. The van der Waals surface area contributed by atoms with E-state index in [0.29, 0.717) is 53.4 Å². The van der Waals surface area contributed by atoms with Crippen molar-refractivity contribution in [2.75, 3.05) is 44.5 Å². The lowest BCUT2D eigenvalue weighted by molar-refractivity contribution is -0.123. The van der Waals surface area contributed by atoms with E-state index in [4.69, 9.17) is 24.7 Å². The Morgan fingerprint density at radius 3 is 2.71 bits per heavy atom. The van der Waals surface area contributed by atoms with Crippen LogP contribution in [0.15, 0.2) is 48.7 Å². The molecule has 0 saturated carbocycles. The zero-order chi connectivity index (χ0) is 26.6. The number of carbonyl (C=O) groups is 2. The second kappa shape index (κ2) is 10.7. The zero-order valence-corrected chi connectivity index (χ0v) is 21.0. The summed E-state index contributed by atoms with van der Waals surface area (Å²) < 4.78 is 22.9. The normalized spacial score (nSPS) is 19.4. The number of nitrogens with one attached hydrogen (secondary N) is 2. The van der Waals surface area contributed by atoms with Crippen molar-refractivity contribution >= 4 is 23.6 Å². The minimum Gasteiger partial charge on any atom is -0.497 e. The molecule has 0 spiro atoms. The molecule has 4 N–H and O–H groups in total. The average Bonchev–Trinajstić information content (AvgIpc) is 3.32. The smallest absolute Gasteiger partial charge is 0.258 e. The van der Waals surface area contributed by atoms with Crippen molar-refractivity contribution in [2.45, 2.75) is 18.7 Å². The van der Waals surface area contributed by atoms with Gasteiger partial charge < -0.3 is 40.2 Å². The lowest BCUT2D eigenvalue weighted by Gasteiger charge is -2.22. The lowest BCUT2D eigenvalue weighted by atomic mass is 10.1. The fourth-order valence-electron chi connectivity index (χ4n) is 4.38. The van der Waals surface area contributed by atoms with Crippen LogP contribution < -0.4 is 40.2 Å². The van der Waals surface area contributed by atoms with E-state index < -0.39 is 12.1 Å². The summed E-state index contributed by atoms with van der Waals surface area (Å²) in [6, 6.07) is 11.3. The van der Waals surface area contributed by atoms with E-state index in [1.807, 2.05) is 11.0 Å². The van der Waals surface area contributed by atoms with E-state index >= 15 is 0 Å². The molecule has 4 bridgehead atoms. The molecule has 12 heteroatoms. The number of amides is 2. The minimum absolute atomic E-state index is 0.238. The molecule has 0 aliphatic carbocycles. The third kappa shape index (κ3) is 5.48. The number of rotatable bonds is 3. The Balaban J connectivity index is 1.50. The summed E-state index contributed by atoms with van der Waals surface area (Å²) in [4.78, 5) is 36.4. The maximum absolute atomic E-state index is 13.4. The highest BCUT2D eigenvalue weighted by atomic mass is 16.5. The Labute approximate surface area is 219 Å². The minimum atomic E-state index is -0.448. The first-order valence-corrected chi connectivity index (χ1v) is 12.0. The third-order valence-electron chi connectivity index (χ3n) is 6.30. The Morgan fingerprint density at radius 2 is 1.92 bits per heavy atom. The molecule has 1 saturated heterocycles. The number of ether oxygens (including phenoxy) is 4. The number of fused-ring (bicyclic) bond motifs is 7. The van der Waals surface area contributed by atoms with Gasteiger partial charge in [0.05, 0.1) is 26.8 Å². The Kier molecular flexibility index (Phi) is 7.03. The Morgan fingerprint density at radius 1 is 1.05 bits per heavy atom. The number of hydrogen-bond donors (Lipinski definition) is 3. The molecule has 2 atom stereocenters. The molecule has 0 radical (unpaired) electrons. The van der Waals surface area contributed by atoms with Gasteiger partial charge in [-0.2, -0.15) is 4.98 Å². The van der Waals surface area contributed by atoms with Gasteiger partial charge in [-0.15, -0.1) is 0 Å². The van der Waals surface area contributed by atoms with Crippen molar-refractivity contribution in [3.63, 3.8) is 0 Å². The van der Waals surface area contributed by atoms with E-state index in [1.165, 1.54) is 7.11 Å². The highest BCUT2D eigenvalue weighted by Gasteiger charge is 2.37. The SMILES string of the molecule is COc1cc2cc(c1)C(=O)N[C@H]1CN(c3nccc(N)n3)C[C@@H]1Oc1ccc(c(OC)c1)CNC(=O)CO2. The van der Waals surface area contributed by atoms with Crippen LogP contribution in [0.4, 0.5) is 11.8 Å². The molecule has 2 amide bonds. The van der Waals surface area contributed by atoms with Crippen LogP contribution in [0.1, 0.15) is 15.9 Å². The third-order valence-corrected chi connectivity index (χ3v) is 6.30. The van der Waals surface area contributed by atoms with Crippen LogP contribution >= 0.6 is 0 Å². The quantitative estimate of drug-likeness (QED) is 0.459. The van der Waals surface area contributed by atoms with Gasteiger partial charge in [0, 0.05) is 42.5 Å². The van der Waals surface area contributed by atoms with E-state index in [0.717, 1.165) is 5.56 Å². The van der Waals surface area contributed by atoms with Gasteiger partial charge in [-0.1, -0.05) is 0 Å². The summed E-state index contributed by atoms with van der Waals surface area (Å²) in [5, 5.41) is 5.87. The van der Waals surface area contributed by atoms with Crippen molar-refractivity contribution in [3.8, 4) is 23.0 Å². The predicted molar refractivity (Wildman–Crippen MR) is 138 cm³/mol. The van der Waals surface area contributed by atoms with Gasteiger partial charge in [0.2, 0.25) is 5.95 Å². The molecule has 3 aromatic rings. The summed E-state index contributed by atoms with van der Waals surface area (Å²) in [7, 11) is 3.04. The van der Waals surface area contributed by atoms with Gasteiger partial charge >= 0.3 is 0 Å². The van der Waals surface area contributed by atoms with E-state index in [-0.39, 0.29) is 25.0 Å². The number of benzene rings is 2. The topological polar surface area (TPSA) is 150 Å². The maximum atomic E-state index is 13.4. The number of nitrogen functional groups attached to an aromatic ring is 1. The average molecular weight is 521 g/mol. The molecule has 2 aromatic carbocycles. The van der Waals surface area contributed by atoms with E-state index in [9.17, 15) is 9.59 Å². The number of carbonyl (C=O) groups excluding carboxylic acids is 2. The van der Waals surface area contributed by atoms with Crippen LogP contribution in [0.5, 0.6) is 23.0 Å². The number of nitrogens with two attached hydrogens (primary N) is 1. The Hall–Kier alpha value is -4.74. The monoisotopic (exact) mass is 520 g/mol. The van der Waals surface area contributed by atoms with Gasteiger partial charge in [0.25, 0.3) is 11.8 Å². The van der Waals surface area contributed by atoms with Crippen LogP contribution in [0.3, 0.4) is 0 Å². The van der Waals surface area contributed by atoms with Gasteiger partial charge in [0.15, 0.2) is 6.61 Å². The van der Waals surface area contributed by atoms with Gasteiger partial charge in [-0.25, -0.2) is 4.98 Å². The Bertz CT molecular complexity index is 1350. The summed E-state index contributed by atoms with van der Waals surface area (Å²) in [6.45, 7) is 0.793. The molecular weight excluding hydrogens is 492 g/mol. The summed E-state index contributed by atoms with van der Waals surface area (Å²) in [5.74, 6) is 1.95. The first kappa shape index (κ1) is 24.9. The standard InChI is InChI=1S/C26H28N6O6/c1-35-18-7-16-8-19(9-18)37-14-24(33)29-11-15-3-4-17(10-21(15)36-2)38-22-13-32(12-20(22)30-25(16)34)26-28-6-5-23(27)31-26/h3-10,20,22H,11-14H2,1-2H3,(H,29,33)(H,30,34)(H2,27,28,31)/t20-,22-/m0/s1. The number of hydrogen-bond acceptors (Lipinski definition) is 10. The molecule has 38 heavy (non-hydrogen) atoms. The second-order valence-electron chi connectivity index (χ2n) is 8.86. The number of nitrogens with zero attached hydrogens (tertiary/aromatic N) is 3. The van der Waals surface area contributed by atoms with Gasteiger partial charge in [-0.05, 0) is 30.3 Å². The van der Waals surface area contributed by atoms with Crippen molar-refractivity contribution in [1.82, 2.24) is 20.6 Å². The molecule has 0 unspecified atom stereocenters. The molecular formula is C26H28N6O6. The highest BCUT2D eigenvalue weighted by Crippen LogP contribution is 2.29. The fourth-order valence-corrected chi connectivity index (χ4v) is 4.38.